The SMILES string of the molecule is Cc1nc(NCC2CCCCC2C)sc1C. The van der Waals surface area contributed by atoms with Crippen LogP contribution in [-0.4, -0.2) is 11.5 Å². The fourth-order valence-corrected chi connectivity index (χ4v) is 3.28. The lowest BCUT2D eigenvalue weighted by atomic mass is 9.80. The highest BCUT2D eigenvalue weighted by molar-refractivity contribution is 7.15. The van der Waals surface area contributed by atoms with E-state index in [1.54, 1.807) is 11.3 Å². The monoisotopic (exact) mass is 238 g/mol. The Morgan fingerprint density at radius 1 is 1.31 bits per heavy atom. The summed E-state index contributed by atoms with van der Waals surface area (Å²) in [6, 6.07) is 0. The molecule has 1 aromatic rings. The first-order valence-corrected chi connectivity index (χ1v) is 7.16. The van der Waals surface area contributed by atoms with E-state index in [1.165, 1.54) is 36.3 Å². The molecule has 1 aromatic heterocycles. The van der Waals surface area contributed by atoms with Crippen LogP contribution in [0.25, 0.3) is 0 Å². The van der Waals surface area contributed by atoms with Crippen molar-refractivity contribution in [1.82, 2.24) is 4.98 Å². The Morgan fingerprint density at radius 2 is 2.06 bits per heavy atom. The third-order valence-corrected chi connectivity index (χ3v) is 4.86. The van der Waals surface area contributed by atoms with Crippen LogP contribution < -0.4 is 5.32 Å². The third kappa shape index (κ3) is 2.76. The number of rotatable bonds is 3. The minimum Gasteiger partial charge on any atom is -0.361 e. The number of aromatic nitrogens is 1. The van der Waals surface area contributed by atoms with Gasteiger partial charge in [-0.1, -0.05) is 26.2 Å². The number of thiazole rings is 1. The number of hydrogen-bond donors (Lipinski definition) is 1. The standard InChI is InChI=1S/C13H22N2S/c1-9-6-4-5-7-12(9)8-14-13-15-10(2)11(3)16-13/h9,12H,4-8H2,1-3H3,(H,14,15). The van der Waals surface area contributed by atoms with Crippen molar-refractivity contribution < 1.29 is 0 Å². The Bertz CT molecular complexity index is 326. The van der Waals surface area contributed by atoms with Crippen LogP contribution in [0.1, 0.15) is 43.2 Å². The quantitative estimate of drug-likeness (QED) is 0.861. The average molecular weight is 238 g/mol. The molecule has 1 fully saturated rings. The lowest BCUT2D eigenvalue weighted by Crippen LogP contribution is -2.24. The van der Waals surface area contributed by atoms with Gasteiger partial charge in [0.2, 0.25) is 0 Å². The summed E-state index contributed by atoms with van der Waals surface area (Å²) >= 11 is 1.78. The van der Waals surface area contributed by atoms with E-state index >= 15 is 0 Å². The highest BCUT2D eigenvalue weighted by Gasteiger charge is 2.21. The number of nitrogens with zero attached hydrogens (tertiary/aromatic N) is 1. The number of aryl methyl sites for hydroxylation is 2. The molecule has 1 heterocycles. The second kappa shape index (κ2) is 5.17. The highest BCUT2D eigenvalue weighted by atomic mass is 32.1. The van der Waals surface area contributed by atoms with E-state index in [1.807, 2.05) is 0 Å². The highest BCUT2D eigenvalue weighted by Crippen LogP contribution is 2.30. The molecule has 1 aliphatic rings. The second-order valence-corrected chi connectivity index (χ2v) is 6.27. The van der Waals surface area contributed by atoms with Crippen LogP contribution in [0.3, 0.4) is 0 Å². The summed E-state index contributed by atoms with van der Waals surface area (Å²) in [6.07, 6.45) is 5.62. The molecule has 1 N–H and O–H groups in total. The van der Waals surface area contributed by atoms with Crippen molar-refractivity contribution in [1.29, 1.82) is 0 Å². The molecule has 0 aliphatic heterocycles. The van der Waals surface area contributed by atoms with Gasteiger partial charge in [0.1, 0.15) is 0 Å². The first kappa shape index (κ1) is 11.9. The molecule has 2 atom stereocenters. The summed E-state index contributed by atoms with van der Waals surface area (Å²) in [4.78, 5) is 5.86. The smallest absolute Gasteiger partial charge is 0.183 e. The van der Waals surface area contributed by atoms with Gasteiger partial charge in [0.15, 0.2) is 5.13 Å². The molecular weight excluding hydrogens is 216 g/mol. The van der Waals surface area contributed by atoms with Gasteiger partial charge in [-0.05, 0) is 32.1 Å². The Balaban J connectivity index is 1.86. The second-order valence-electron chi connectivity index (χ2n) is 5.06. The van der Waals surface area contributed by atoms with E-state index < -0.39 is 0 Å². The normalized spacial score (nSPS) is 25.7. The summed E-state index contributed by atoms with van der Waals surface area (Å²) < 4.78 is 0. The molecule has 0 amide bonds. The molecule has 1 aliphatic carbocycles. The van der Waals surface area contributed by atoms with Crippen molar-refractivity contribution >= 4 is 16.5 Å². The summed E-state index contributed by atoms with van der Waals surface area (Å²) in [5.41, 5.74) is 1.17. The fourth-order valence-electron chi connectivity index (χ4n) is 2.46. The maximum atomic E-state index is 4.53. The maximum Gasteiger partial charge on any atom is 0.183 e. The number of nitrogens with one attached hydrogen (secondary N) is 1. The lowest BCUT2D eigenvalue weighted by Gasteiger charge is -2.28. The van der Waals surface area contributed by atoms with E-state index in [-0.39, 0.29) is 0 Å². The molecule has 2 unspecified atom stereocenters. The Kier molecular flexibility index (Phi) is 3.85. The molecule has 2 nitrogen and oxygen atoms in total. The zero-order valence-electron chi connectivity index (χ0n) is 10.5. The molecule has 0 radical (unpaired) electrons. The van der Waals surface area contributed by atoms with Crippen LogP contribution in [0.2, 0.25) is 0 Å². The lowest BCUT2D eigenvalue weighted by molar-refractivity contribution is 0.268. The van der Waals surface area contributed by atoms with Gasteiger partial charge in [0, 0.05) is 11.4 Å². The van der Waals surface area contributed by atoms with Crippen molar-refractivity contribution in [3.05, 3.63) is 10.6 Å². The third-order valence-electron chi connectivity index (χ3n) is 3.83. The van der Waals surface area contributed by atoms with Crippen LogP contribution in [0.5, 0.6) is 0 Å². The molecule has 3 heteroatoms. The Hall–Kier alpha value is -0.570. The first-order chi connectivity index (χ1) is 7.66. The van der Waals surface area contributed by atoms with E-state index in [9.17, 15) is 0 Å². The van der Waals surface area contributed by atoms with Gasteiger partial charge >= 0.3 is 0 Å². The van der Waals surface area contributed by atoms with Gasteiger partial charge in [-0.3, -0.25) is 0 Å². The summed E-state index contributed by atoms with van der Waals surface area (Å²) in [5, 5.41) is 4.62. The molecule has 0 bridgehead atoms. The molecule has 0 spiro atoms. The predicted octanol–water partition coefficient (Wildman–Crippen LogP) is 4.00. The summed E-state index contributed by atoms with van der Waals surface area (Å²) in [5.74, 6) is 1.72. The van der Waals surface area contributed by atoms with E-state index in [4.69, 9.17) is 0 Å². The van der Waals surface area contributed by atoms with Gasteiger partial charge in [0.25, 0.3) is 0 Å². The summed E-state index contributed by atoms with van der Waals surface area (Å²) in [7, 11) is 0. The maximum absolute atomic E-state index is 4.53. The van der Waals surface area contributed by atoms with Crippen molar-refractivity contribution in [3.63, 3.8) is 0 Å². The molecule has 0 saturated heterocycles. The van der Waals surface area contributed by atoms with Crippen LogP contribution >= 0.6 is 11.3 Å². The minimum absolute atomic E-state index is 0.846. The van der Waals surface area contributed by atoms with Crippen molar-refractivity contribution in [2.75, 3.05) is 11.9 Å². The van der Waals surface area contributed by atoms with Gasteiger partial charge in [-0.25, -0.2) is 4.98 Å². The first-order valence-electron chi connectivity index (χ1n) is 6.34. The van der Waals surface area contributed by atoms with Crippen molar-refractivity contribution in [2.45, 2.75) is 46.5 Å². The Morgan fingerprint density at radius 3 is 2.69 bits per heavy atom. The number of hydrogen-bond acceptors (Lipinski definition) is 3. The predicted molar refractivity (Wildman–Crippen MR) is 71.2 cm³/mol. The van der Waals surface area contributed by atoms with Crippen LogP contribution in [-0.2, 0) is 0 Å². The molecular formula is C13H22N2S. The van der Waals surface area contributed by atoms with Gasteiger partial charge in [0.05, 0.1) is 5.69 Å². The van der Waals surface area contributed by atoms with Gasteiger partial charge < -0.3 is 5.32 Å². The molecule has 0 aromatic carbocycles. The molecule has 16 heavy (non-hydrogen) atoms. The van der Waals surface area contributed by atoms with Gasteiger partial charge in [-0.15, -0.1) is 11.3 Å². The zero-order valence-corrected chi connectivity index (χ0v) is 11.4. The van der Waals surface area contributed by atoms with Gasteiger partial charge in [-0.2, -0.15) is 0 Å². The van der Waals surface area contributed by atoms with E-state index in [0.29, 0.717) is 0 Å². The molecule has 1 saturated carbocycles. The van der Waals surface area contributed by atoms with E-state index in [2.05, 4.69) is 31.1 Å². The van der Waals surface area contributed by atoms with Crippen LogP contribution in [0, 0.1) is 25.7 Å². The van der Waals surface area contributed by atoms with Crippen molar-refractivity contribution in [3.8, 4) is 0 Å². The summed E-state index contributed by atoms with van der Waals surface area (Å²) in [6.45, 7) is 7.72. The fraction of sp³-hybridized carbons (Fsp3) is 0.769. The van der Waals surface area contributed by atoms with Crippen molar-refractivity contribution in [2.24, 2.45) is 11.8 Å². The molecule has 2 rings (SSSR count). The topological polar surface area (TPSA) is 24.9 Å². The Labute approximate surface area is 102 Å². The average Bonchev–Trinajstić information content (AvgIpc) is 2.57. The number of anilines is 1. The largest absolute Gasteiger partial charge is 0.361 e. The van der Waals surface area contributed by atoms with E-state index in [0.717, 1.165) is 23.5 Å². The zero-order chi connectivity index (χ0) is 11.5. The molecule has 90 valence electrons. The minimum atomic E-state index is 0.846. The van der Waals surface area contributed by atoms with Crippen LogP contribution in [0.15, 0.2) is 0 Å². The van der Waals surface area contributed by atoms with Crippen LogP contribution in [0.4, 0.5) is 5.13 Å².